The zero-order valence-corrected chi connectivity index (χ0v) is 21.2. The summed E-state index contributed by atoms with van der Waals surface area (Å²) in [5, 5.41) is 0.588. The van der Waals surface area contributed by atoms with E-state index in [1.165, 1.54) is 6.08 Å². The van der Waals surface area contributed by atoms with Crippen molar-refractivity contribution in [3.63, 3.8) is 0 Å². The van der Waals surface area contributed by atoms with Gasteiger partial charge in [-0.05, 0) is 36.1 Å². The standard InChI is InChI=1S/C25H33ClN6O2/c1-7-22(34)32-12-15(13-32)8-21(33)20-11-29-24(31(20)6)14(2)30-23(28)16-9-17(25(3,4)5)18(26)10-19(16)27/h7,9-11,14-15H,1,8,12-13,27H2,2-6H3,(H2,28,30). The summed E-state index contributed by atoms with van der Waals surface area (Å²) in [7, 11) is 1.79. The van der Waals surface area contributed by atoms with Crippen molar-refractivity contribution in [3.8, 4) is 0 Å². The number of nitrogens with two attached hydrogens (primary N) is 2. The Kier molecular flexibility index (Phi) is 7.21. The van der Waals surface area contributed by atoms with Gasteiger partial charge >= 0.3 is 0 Å². The molecule has 0 aliphatic carbocycles. The summed E-state index contributed by atoms with van der Waals surface area (Å²) in [6.45, 7) is 12.7. The molecule has 9 heteroatoms. The number of hydrogen-bond acceptors (Lipinski definition) is 5. The first-order valence-electron chi connectivity index (χ1n) is 11.2. The van der Waals surface area contributed by atoms with Gasteiger partial charge in [-0.25, -0.2) is 4.98 Å². The predicted octanol–water partition coefficient (Wildman–Crippen LogP) is 3.64. The van der Waals surface area contributed by atoms with Gasteiger partial charge in [0.15, 0.2) is 5.78 Å². The first-order chi connectivity index (χ1) is 15.8. The van der Waals surface area contributed by atoms with Gasteiger partial charge in [0.05, 0.1) is 6.20 Å². The third-order valence-corrected chi connectivity index (χ3v) is 6.47. The van der Waals surface area contributed by atoms with Crippen molar-refractivity contribution in [2.24, 2.45) is 23.7 Å². The summed E-state index contributed by atoms with van der Waals surface area (Å²) in [5.74, 6) is 0.923. The maximum Gasteiger partial charge on any atom is 0.245 e. The quantitative estimate of drug-likeness (QED) is 0.204. The van der Waals surface area contributed by atoms with Crippen LogP contribution >= 0.6 is 11.6 Å². The van der Waals surface area contributed by atoms with Crippen molar-refractivity contribution < 1.29 is 9.59 Å². The molecule has 8 nitrogen and oxygen atoms in total. The van der Waals surface area contributed by atoms with E-state index in [2.05, 4.69) is 37.3 Å². The number of ketones is 1. The average molecular weight is 485 g/mol. The molecule has 2 aromatic rings. The molecule has 0 bridgehead atoms. The van der Waals surface area contributed by atoms with Crippen LogP contribution in [0.2, 0.25) is 5.02 Å². The van der Waals surface area contributed by atoms with Gasteiger partial charge in [0.1, 0.15) is 23.4 Å². The molecular formula is C25H33ClN6O2. The monoisotopic (exact) mass is 484 g/mol. The van der Waals surface area contributed by atoms with Gasteiger partial charge in [-0.15, -0.1) is 0 Å². The fraction of sp³-hybridized carbons (Fsp3) is 0.440. The molecule has 1 aliphatic rings. The maximum atomic E-state index is 12.8. The maximum absolute atomic E-state index is 12.8. The van der Waals surface area contributed by atoms with E-state index in [9.17, 15) is 9.59 Å². The number of halogens is 1. The number of aliphatic imine (C=N–C) groups is 1. The number of carbonyl (C=O) groups is 2. The Balaban J connectivity index is 1.76. The minimum absolute atomic E-state index is 0.0159. The molecule has 1 aromatic carbocycles. The summed E-state index contributed by atoms with van der Waals surface area (Å²) in [5.41, 5.74) is 14.8. The van der Waals surface area contributed by atoms with Crippen LogP contribution < -0.4 is 11.5 Å². The van der Waals surface area contributed by atoms with Crippen molar-refractivity contribution in [1.82, 2.24) is 14.5 Å². The van der Waals surface area contributed by atoms with Crippen molar-refractivity contribution in [3.05, 3.63) is 58.7 Å². The van der Waals surface area contributed by atoms with Crippen LogP contribution in [0, 0.1) is 5.92 Å². The van der Waals surface area contributed by atoms with E-state index in [0.717, 1.165) is 5.56 Å². The van der Waals surface area contributed by atoms with E-state index in [4.69, 9.17) is 23.1 Å². The zero-order chi connectivity index (χ0) is 25.4. The van der Waals surface area contributed by atoms with E-state index in [1.54, 1.807) is 28.8 Å². The number of carbonyl (C=O) groups excluding carboxylic acids is 2. The molecule has 2 heterocycles. The Bertz CT molecular complexity index is 1150. The molecule has 4 N–H and O–H groups in total. The van der Waals surface area contributed by atoms with Crippen molar-refractivity contribution in [2.75, 3.05) is 18.8 Å². The SMILES string of the molecule is C=CC(=O)N1CC(CC(=O)c2cnc(C(C)N=C(N)c3cc(C(C)(C)C)c(Cl)cc3N)n2C)C1. The van der Waals surface area contributed by atoms with E-state index in [1.807, 2.05) is 13.0 Å². The molecule has 0 saturated carbocycles. The van der Waals surface area contributed by atoms with Crippen LogP contribution in [0.1, 0.15) is 67.6 Å². The lowest BCUT2D eigenvalue weighted by molar-refractivity contribution is -0.132. The van der Waals surface area contributed by atoms with Gasteiger partial charge in [0.25, 0.3) is 0 Å². The number of Topliss-reactive ketones (excluding diaryl/α,β-unsaturated/α-hetero) is 1. The topological polar surface area (TPSA) is 120 Å². The molecule has 1 aromatic heterocycles. The van der Waals surface area contributed by atoms with E-state index in [0.29, 0.717) is 47.3 Å². The second kappa shape index (κ2) is 9.62. The highest BCUT2D eigenvalue weighted by molar-refractivity contribution is 6.32. The third-order valence-electron chi connectivity index (χ3n) is 6.16. The fourth-order valence-electron chi connectivity index (χ4n) is 4.17. The molecule has 1 unspecified atom stereocenters. The van der Waals surface area contributed by atoms with Crippen LogP contribution in [0.5, 0.6) is 0 Å². The second-order valence-corrected chi connectivity index (χ2v) is 10.3. The van der Waals surface area contributed by atoms with Gasteiger partial charge in [-0.2, -0.15) is 0 Å². The van der Waals surface area contributed by atoms with Crippen molar-refractivity contribution >= 4 is 34.8 Å². The number of aromatic nitrogens is 2. The predicted molar refractivity (Wildman–Crippen MR) is 136 cm³/mol. The highest BCUT2D eigenvalue weighted by atomic mass is 35.5. The minimum atomic E-state index is -0.399. The molecule has 0 spiro atoms. The van der Waals surface area contributed by atoms with Crippen LogP contribution in [-0.4, -0.2) is 45.1 Å². The van der Waals surface area contributed by atoms with Crippen LogP contribution in [-0.2, 0) is 17.3 Å². The smallest absolute Gasteiger partial charge is 0.245 e. The van der Waals surface area contributed by atoms with E-state index in [-0.39, 0.29) is 28.9 Å². The Morgan fingerprint density at radius 2 is 2.00 bits per heavy atom. The molecular weight excluding hydrogens is 452 g/mol. The van der Waals surface area contributed by atoms with E-state index < -0.39 is 6.04 Å². The van der Waals surface area contributed by atoms with Crippen LogP contribution in [0.25, 0.3) is 0 Å². The van der Waals surface area contributed by atoms with Gasteiger partial charge in [-0.1, -0.05) is 39.0 Å². The lowest BCUT2D eigenvalue weighted by Crippen LogP contribution is -2.50. The number of rotatable bonds is 7. The number of amidine groups is 1. The molecule has 1 fully saturated rings. The molecule has 0 radical (unpaired) electrons. The van der Waals surface area contributed by atoms with Crippen LogP contribution in [0.4, 0.5) is 5.69 Å². The van der Waals surface area contributed by atoms with Gasteiger partial charge < -0.3 is 20.9 Å². The molecule has 182 valence electrons. The molecule has 34 heavy (non-hydrogen) atoms. The Morgan fingerprint density at radius 3 is 2.59 bits per heavy atom. The number of likely N-dealkylation sites (tertiary alicyclic amines) is 1. The third kappa shape index (κ3) is 5.17. The molecule has 1 atom stereocenters. The first kappa shape index (κ1) is 25.5. The van der Waals surface area contributed by atoms with Crippen LogP contribution in [0.15, 0.2) is 36.0 Å². The average Bonchev–Trinajstić information content (AvgIpc) is 3.10. The summed E-state index contributed by atoms with van der Waals surface area (Å²) in [6, 6.07) is 3.19. The number of nitrogen functional groups attached to an aromatic ring is 1. The number of nitrogens with zero attached hydrogens (tertiary/aromatic N) is 4. The highest BCUT2D eigenvalue weighted by Crippen LogP contribution is 2.33. The number of imidazole rings is 1. The highest BCUT2D eigenvalue weighted by Gasteiger charge is 2.32. The summed E-state index contributed by atoms with van der Waals surface area (Å²) < 4.78 is 1.75. The van der Waals surface area contributed by atoms with Crippen molar-refractivity contribution in [2.45, 2.75) is 45.6 Å². The second-order valence-electron chi connectivity index (χ2n) is 9.86. The number of hydrogen-bond donors (Lipinski definition) is 2. The lowest BCUT2D eigenvalue weighted by atomic mass is 9.85. The number of anilines is 1. The Hall–Kier alpha value is -3.13. The van der Waals surface area contributed by atoms with Gasteiger partial charge in [-0.3, -0.25) is 14.6 Å². The lowest BCUT2D eigenvalue weighted by Gasteiger charge is -2.38. The Morgan fingerprint density at radius 1 is 1.35 bits per heavy atom. The number of benzene rings is 1. The van der Waals surface area contributed by atoms with E-state index >= 15 is 0 Å². The summed E-state index contributed by atoms with van der Waals surface area (Å²) in [6.07, 6.45) is 3.22. The number of amides is 1. The zero-order valence-electron chi connectivity index (χ0n) is 20.4. The fourth-order valence-corrected chi connectivity index (χ4v) is 4.62. The summed E-state index contributed by atoms with van der Waals surface area (Å²) in [4.78, 5) is 35.1. The molecule has 1 saturated heterocycles. The van der Waals surface area contributed by atoms with Gasteiger partial charge in [0.2, 0.25) is 5.91 Å². The molecule has 1 amide bonds. The molecule has 1 aliphatic heterocycles. The Labute approximate surface area is 205 Å². The first-order valence-corrected chi connectivity index (χ1v) is 11.6. The van der Waals surface area contributed by atoms with Crippen molar-refractivity contribution in [1.29, 1.82) is 0 Å². The van der Waals surface area contributed by atoms with Gasteiger partial charge in [0, 0.05) is 48.7 Å². The van der Waals surface area contributed by atoms with Crippen LogP contribution in [0.3, 0.4) is 0 Å². The molecule has 3 rings (SSSR count). The normalized spacial score (nSPS) is 15.7. The summed E-state index contributed by atoms with van der Waals surface area (Å²) >= 11 is 6.40. The minimum Gasteiger partial charge on any atom is -0.398 e. The largest absolute Gasteiger partial charge is 0.398 e.